The van der Waals surface area contributed by atoms with Gasteiger partial charge in [-0.15, -0.1) is 0 Å². The van der Waals surface area contributed by atoms with Crippen molar-refractivity contribution in [3.8, 4) is 0 Å². The maximum Gasteiger partial charge on any atom is 0.0726 e. The normalized spacial score (nSPS) is 48.2. The molecule has 0 amide bonds. The van der Waals surface area contributed by atoms with Crippen molar-refractivity contribution in [3.63, 3.8) is 0 Å². The first kappa shape index (κ1) is 12.4. The van der Waals surface area contributed by atoms with Gasteiger partial charge in [-0.25, -0.2) is 0 Å². The minimum atomic E-state index is -0.379. The van der Waals surface area contributed by atoms with Gasteiger partial charge in [0.25, 0.3) is 0 Å². The Balaban J connectivity index is 2.17. The van der Waals surface area contributed by atoms with Gasteiger partial charge in [-0.1, -0.05) is 27.7 Å². The van der Waals surface area contributed by atoms with Crippen LogP contribution in [0.2, 0.25) is 0 Å². The Hall–Kier alpha value is -0.0400. The fourth-order valence-electron chi connectivity index (χ4n) is 4.45. The predicted octanol–water partition coefficient (Wildman–Crippen LogP) is 4.00. The first-order chi connectivity index (χ1) is 7.35. The molecule has 1 nitrogen and oxygen atoms in total. The molecule has 16 heavy (non-hydrogen) atoms. The van der Waals surface area contributed by atoms with E-state index in [4.69, 9.17) is 0 Å². The molecule has 0 bridgehead atoms. The second-order valence-electron chi connectivity index (χ2n) is 7.28. The summed E-state index contributed by atoms with van der Waals surface area (Å²) < 4.78 is 0. The summed E-state index contributed by atoms with van der Waals surface area (Å²) in [6.07, 6.45) is 7.27. The van der Waals surface area contributed by atoms with Crippen LogP contribution in [-0.2, 0) is 0 Å². The maximum absolute atomic E-state index is 11.1. The van der Waals surface area contributed by atoms with E-state index in [1.165, 1.54) is 32.1 Å². The van der Waals surface area contributed by atoms with Gasteiger partial charge in [-0.2, -0.15) is 0 Å². The molecule has 0 aromatic carbocycles. The quantitative estimate of drug-likeness (QED) is 0.714. The lowest BCUT2D eigenvalue weighted by atomic mass is 9.62. The van der Waals surface area contributed by atoms with Gasteiger partial charge < -0.3 is 5.11 Å². The zero-order valence-corrected chi connectivity index (χ0v) is 11.4. The molecule has 3 atom stereocenters. The average Bonchev–Trinajstić information content (AvgIpc) is 2.41. The molecule has 0 aromatic heterocycles. The highest BCUT2D eigenvalue weighted by Crippen LogP contribution is 2.54. The highest BCUT2D eigenvalue weighted by molar-refractivity contribution is 5.04. The fourth-order valence-corrected chi connectivity index (χ4v) is 4.45. The lowest BCUT2D eigenvalue weighted by molar-refractivity contribution is -0.111. The van der Waals surface area contributed by atoms with Gasteiger partial charge in [-0.3, -0.25) is 0 Å². The van der Waals surface area contributed by atoms with Crippen molar-refractivity contribution in [2.24, 2.45) is 23.2 Å². The molecule has 2 aliphatic rings. The van der Waals surface area contributed by atoms with E-state index in [0.29, 0.717) is 5.92 Å². The van der Waals surface area contributed by atoms with Crippen LogP contribution in [0, 0.1) is 23.2 Å². The molecule has 94 valence electrons. The molecule has 2 aliphatic carbocycles. The molecule has 2 fully saturated rings. The van der Waals surface area contributed by atoms with Gasteiger partial charge in [0.05, 0.1) is 5.60 Å². The molecule has 1 heteroatoms. The van der Waals surface area contributed by atoms with Crippen LogP contribution in [0.4, 0.5) is 0 Å². The van der Waals surface area contributed by atoms with Crippen LogP contribution in [0.15, 0.2) is 0 Å². The van der Waals surface area contributed by atoms with E-state index in [-0.39, 0.29) is 11.0 Å². The van der Waals surface area contributed by atoms with Gasteiger partial charge in [-0.05, 0) is 61.7 Å². The first-order valence-corrected chi connectivity index (χ1v) is 7.07. The maximum atomic E-state index is 11.1. The molecular formula is C15H28O. The molecule has 0 heterocycles. The van der Waals surface area contributed by atoms with Crippen LogP contribution in [0.5, 0.6) is 0 Å². The molecule has 0 aromatic rings. The predicted molar refractivity (Wildman–Crippen MR) is 68.3 cm³/mol. The van der Waals surface area contributed by atoms with Crippen molar-refractivity contribution in [2.45, 2.75) is 71.8 Å². The number of aliphatic hydroxyl groups is 1. The number of hydrogen-bond acceptors (Lipinski definition) is 1. The van der Waals surface area contributed by atoms with Crippen molar-refractivity contribution in [1.82, 2.24) is 0 Å². The van der Waals surface area contributed by atoms with E-state index in [9.17, 15) is 5.11 Å². The molecule has 2 rings (SSSR count). The third-order valence-corrected chi connectivity index (χ3v) is 5.39. The Bertz CT molecular complexity index is 248. The Morgan fingerprint density at radius 2 is 1.50 bits per heavy atom. The average molecular weight is 224 g/mol. The van der Waals surface area contributed by atoms with Crippen molar-refractivity contribution in [1.29, 1.82) is 0 Å². The summed E-state index contributed by atoms with van der Waals surface area (Å²) in [6, 6.07) is 0. The minimum absolute atomic E-state index is 0.133. The highest BCUT2D eigenvalue weighted by atomic mass is 16.3. The molecule has 1 N–H and O–H groups in total. The summed E-state index contributed by atoms with van der Waals surface area (Å²) in [6.45, 7) is 9.25. The number of hydrogen-bond donors (Lipinski definition) is 1. The smallest absolute Gasteiger partial charge is 0.0726 e. The Morgan fingerprint density at radius 1 is 0.938 bits per heavy atom. The fraction of sp³-hybridized carbons (Fsp3) is 1.00. The summed E-state index contributed by atoms with van der Waals surface area (Å²) >= 11 is 0. The topological polar surface area (TPSA) is 20.2 Å². The summed E-state index contributed by atoms with van der Waals surface area (Å²) in [4.78, 5) is 0. The van der Waals surface area contributed by atoms with Crippen LogP contribution in [0.25, 0.3) is 0 Å². The summed E-state index contributed by atoms with van der Waals surface area (Å²) in [5.41, 5.74) is -0.246. The molecule has 3 unspecified atom stereocenters. The third kappa shape index (κ3) is 1.92. The molecule has 0 spiro atoms. The van der Waals surface area contributed by atoms with Crippen molar-refractivity contribution < 1.29 is 5.11 Å². The second-order valence-corrected chi connectivity index (χ2v) is 7.28. The number of rotatable bonds is 1. The lowest BCUT2D eigenvalue weighted by Gasteiger charge is -2.47. The minimum Gasteiger partial charge on any atom is -0.389 e. The molecule has 0 aliphatic heterocycles. The monoisotopic (exact) mass is 224 g/mol. The standard InChI is InChI=1S/C15H28O/c1-11-8-12(2)10-13(9-11)15(16)7-5-6-14(15,3)4/h11-13,16H,5-10H2,1-4H3. The van der Waals surface area contributed by atoms with E-state index in [0.717, 1.165) is 18.3 Å². The van der Waals surface area contributed by atoms with Gasteiger partial charge in [0.1, 0.15) is 0 Å². The van der Waals surface area contributed by atoms with Gasteiger partial charge >= 0.3 is 0 Å². The van der Waals surface area contributed by atoms with Crippen molar-refractivity contribution >= 4 is 0 Å². The SMILES string of the molecule is CC1CC(C)CC(C2(O)CCCC2(C)C)C1. The van der Waals surface area contributed by atoms with E-state index in [1.807, 2.05) is 0 Å². The van der Waals surface area contributed by atoms with Crippen LogP contribution in [-0.4, -0.2) is 10.7 Å². The summed E-state index contributed by atoms with van der Waals surface area (Å²) in [5.74, 6) is 2.15. The van der Waals surface area contributed by atoms with Crippen molar-refractivity contribution in [2.75, 3.05) is 0 Å². The molecular weight excluding hydrogens is 196 g/mol. The van der Waals surface area contributed by atoms with E-state index >= 15 is 0 Å². The summed E-state index contributed by atoms with van der Waals surface area (Å²) in [7, 11) is 0. The van der Waals surface area contributed by atoms with Crippen molar-refractivity contribution in [3.05, 3.63) is 0 Å². The largest absolute Gasteiger partial charge is 0.389 e. The molecule has 2 saturated carbocycles. The molecule has 0 saturated heterocycles. The molecule has 0 radical (unpaired) electrons. The van der Waals surface area contributed by atoms with Crippen LogP contribution >= 0.6 is 0 Å². The zero-order chi connectivity index (χ0) is 12.0. The first-order valence-electron chi connectivity index (χ1n) is 7.07. The zero-order valence-electron chi connectivity index (χ0n) is 11.4. The van der Waals surface area contributed by atoms with Gasteiger partial charge in [0.15, 0.2) is 0 Å². The highest BCUT2D eigenvalue weighted by Gasteiger charge is 2.53. The van der Waals surface area contributed by atoms with Gasteiger partial charge in [0, 0.05) is 0 Å². The Kier molecular flexibility index (Phi) is 3.11. The van der Waals surface area contributed by atoms with Crippen LogP contribution in [0.3, 0.4) is 0 Å². The Morgan fingerprint density at radius 3 is 1.94 bits per heavy atom. The third-order valence-electron chi connectivity index (χ3n) is 5.39. The lowest BCUT2D eigenvalue weighted by Crippen LogP contribution is -2.49. The van der Waals surface area contributed by atoms with E-state index in [1.54, 1.807) is 0 Å². The summed E-state index contributed by atoms with van der Waals surface area (Å²) in [5, 5.41) is 11.1. The van der Waals surface area contributed by atoms with E-state index < -0.39 is 0 Å². The Labute approximate surface area is 101 Å². The van der Waals surface area contributed by atoms with Crippen LogP contribution in [0.1, 0.15) is 66.2 Å². The second kappa shape index (κ2) is 4.01. The van der Waals surface area contributed by atoms with Crippen LogP contribution < -0.4 is 0 Å². The van der Waals surface area contributed by atoms with Gasteiger partial charge in [0.2, 0.25) is 0 Å². The van der Waals surface area contributed by atoms with E-state index in [2.05, 4.69) is 27.7 Å².